The molecule has 0 aliphatic carbocycles. The molecule has 0 atom stereocenters. The summed E-state index contributed by atoms with van der Waals surface area (Å²) in [6.45, 7) is 8.13. The Hall–Kier alpha value is -2.79. The Bertz CT molecular complexity index is 1210. The monoisotopic (exact) mass is 560 g/mol. The minimum Gasteiger partial charge on any atom is -0.466 e. The fraction of sp³-hybridized carbons (Fsp3) is 0.458. The first kappa shape index (κ1) is 25.3. The minimum atomic E-state index is -0.410. The highest BCUT2D eigenvalue weighted by Crippen LogP contribution is 2.38. The highest BCUT2D eigenvalue weighted by Gasteiger charge is 2.41. The van der Waals surface area contributed by atoms with Gasteiger partial charge in [0.15, 0.2) is 5.13 Å². The van der Waals surface area contributed by atoms with Gasteiger partial charge in [-0.25, -0.2) is 19.7 Å². The number of carbonyl (C=O) groups is 2. The molecule has 4 rings (SSSR count). The molecule has 1 fully saturated rings. The quantitative estimate of drug-likeness (QED) is 0.381. The van der Waals surface area contributed by atoms with Crippen molar-refractivity contribution in [3.05, 3.63) is 29.0 Å². The lowest BCUT2D eigenvalue weighted by Crippen LogP contribution is -2.45. The molecular weight excluding hydrogens is 532 g/mol. The largest absolute Gasteiger partial charge is 0.466 e. The van der Waals surface area contributed by atoms with Gasteiger partial charge in [0.25, 0.3) is 0 Å². The lowest BCUT2D eigenvalue weighted by Gasteiger charge is -2.39. The number of amides is 2. The van der Waals surface area contributed by atoms with Gasteiger partial charge in [-0.05, 0) is 66.7 Å². The maximum absolute atomic E-state index is 12.5. The maximum Gasteiger partial charge on any atom is 0.321 e. The number of fused-ring (bicyclic) bond motifs is 1. The third-order valence-corrected chi connectivity index (χ3v) is 8.27. The second-order valence-corrected chi connectivity index (χ2v) is 10.3. The summed E-state index contributed by atoms with van der Waals surface area (Å²) in [6.07, 6.45) is 5.85. The van der Waals surface area contributed by atoms with Gasteiger partial charge in [0.1, 0.15) is 0 Å². The summed E-state index contributed by atoms with van der Waals surface area (Å²) in [5.41, 5.74) is 2.17. The van der Waals surface area contributed by atoms with Crippen LogP contribution in [0.15, 0.2) is 29.0 Å². The molecule has 9 nitrogen and oxygen atoms in total. The molecule has 1 aliphatic rings. The average Bonchev–Trinajstić information content (AvgIpc) is 3.27. The van der Waals surface area contributed by atoms with Crippen LogP contribution < -0.4 is 15.5 Å². The third kappa shape index (κ3) is 5.40. The number of nitrogens with zero attached hydrogens (tertiary/aromatic N) is 4. The Morgan fingerprint density at radius 1 is 1.14 bits per heavy atom. The first-order valence-electron chi connectivity index (χ1n) is 11.8. The van der Waals surface area contributed by atoms with Gasteiger partial charge in [-0.15, -0.1) is 0 Å². The van der Waals surface area contributed by atoms with E-state index in [1.807, 2.05) is 45.3 Å². The van der Waals surface area contributed by atoms with Crippen molar-refractivity contribution < 1.29 is 14.3 Å². The summed E-state index contributed by atoms with van der Waals surface area (Å²) in [5, 5.41) is 6.00. The van der Waals surface area contributed by atoms with E-state index in [0.29, 0.717) is 37.3 Å². The van der Waals surface area contributed by atoms with Crippen LogP contribution in [0.5, 0.6) is 0 Å². The summed E-state index contributed by atoms with van der Waals surface area (Å²) in [4.78, 5) is 40.2. The third-order valence-electron chi connectivity index (χ3n) is 6.36. The topological polar surface area (TPSA) is 109 Å². The predicted molar refractivity (Wildman–Crippen MR) is 142 cm³/mol. The molecule has 2 aromatic heterocycles. The number of aromatic nitrogens is 3. The fourth-order valence-corrected chi connectivity index (χ4v) is 5.81. The number of rotatable bonds is 7. The Kier molecular flexibility index (Phi) is 7.85. The van der Waals surface area contributed by atoms with E-state index in [0.717, 1.165) is 45.1 Å². The number of halogens is 1. The number of anilines is 2. The number of benzene rings is 1. The van der Waals surface area contributed by atoms with Gasteiger partial charge in [-0.2, -0.15) is 0 Å². The molecule has 0 saturated carbocycles. The van der Waals surface area contributed by atoms with Crippen LogP contribution in [0.2, 0.25) is 0 Å². The van der Waals surface area contributed by atoms with Crippen molar-refractivity contribution in [3.8, 4) is 11.1 Å². The van der Waals surface area contributed by atoms with Crippen LogP contribution in [-0.2, 0) is 9.53 Å². The van der Waals surface area contributed by atoms with Gasteiger partial charge in [-0.1, -0.05) is 18.3 Å². The second kappa shape index (κ2) is 10.9. The van der Waals surface area contributed by atoms with E-state index in [2.05, 4.69) is 46.4 Å². The molecule has 11 heteroatoms. The standard InChI is InChI=1S/C24H29BrN6O3S/c1-4-24(20(32)34-6-3)7-9-31(10-8-24)21-27-13-16(14-28-21)15-11-17(25)19-18(12-15)29-23(35-19)30-22(33)26-5-2/h11-14H,4-10H2,1-3H3,(H2,26,29,30,33). The molecule has 35 heavy (non-hydrogen) atoms. The second-order valence-electron chi connectivity index (χ2n) is 8.42. The van der Waals surface area contributed by atoms with Crippen LogP contribution >= 0.6 is 27.3 Å². The zero-order chi connectivity index (χ0) is 25.0. The van der Waals surface area contributed by atoms with Crippen molar-refractivity contribution in [3.63, 3.8) is 0 Å². The predicted octanol–water partition coefficient (Wildman–Crippen LogP) is 5.22. The van der Waals surface area contributed by atoms with Crippen molar-refractivity contribution in [2.45, 2.75) is 40.0 Å². The Morgan fingerprint density at radius 2 is 1.86 bits per heavy atom. The van der Waals surface area contributed by atoms with E-state index in [1.165, 1.54) is 11.3 Å². The van der Waals surface area contributed by atoms with E-state index in [-0.39, 0.29) is 12.0 Å². The number of nitrogens with one attached hydrogen (secondary N) is 2. The molecule has 0 unspecified atom stereocenters. The molecule has 2 amide bonds. The number of thiazole rings is 1. The molecule has 1 aromatic carbocycles. The number of urea groups is 1. The minimum absolute atomic E-state index is 0.0919. The van der Waals surface area contributed by atoms with E-state index >= 15 is 0 Å². The van der Waals surface area contributed by atoms with Gasteiger partial charge < -0.3 is 15.0 Å². The number of ether oxygens (including phenoxy) is 1. The van der Waals surface area contributed by atoms with E-state index < -0.39 is 5.41 Å². The molecule has 0 spiro atoms. The Balaban J connectivity index is 1.48. The van der Waals surface area contributed by atoms with E-state index in [9.17, 15) is 9.59 Å². The summed E-state index contributed by atoms with van der Waals surface area (Å²) in [5.74, 6) is 0.565. The van der Waals surface area contributed by atoms with Crippen molar-refractivity contribution in [2.24, 2.45) is 5.41 Å². The normalized spacial score (nSPS) is 15.1. The molecule has 3 aromatic rings. The van der Waals surface area contributed by atoms with Gasteiger partial charge >= 0.3 is 12.0 Å². The highest BCUT2D eigenvalue weighted by molar-refractivity contribution is 9.10. The Morgan fingerprint density at radius 3 is 2.49 bits per heavy atom. The van der Waals surface area contributed by atoms with E-state index in [4.69, 9.17) is 4.74 Å². The maximum atomic E-state index is 12.5. The zero-order valence-corrected chi connectivity index (χ0v) is 22.5. The first-order valence-corrected chi connectivity index (χ1v) is 13.4. The van der Waals surface area contributed by atoms with Crippen LogP contribution in [0.25, 0.3) is 21.3 Å². The number of carbonyl (C=O) groups excluding carboxylic acids is 2. The van der Waals surface area contributed by atoms with Crippen molar-refractivity contribution in [2.75, 3.05) is 36.5 Å². The number of esters is 1. The van der Waals surface area contributed by atoms with Crippen molar-refractivity contribution in [1.29, 1.82) is 0 Å². The molecule has 1 aliphatic heterocycles. The van der Waals surface area contributed by atoms with Crippen LogP contribution in [0.3, 0.4) is 0 Å². The highest BCUT2D eigenvalue weighted by atomic mass is 79.9. The first-order chi connectivity index (χ1) is 16.9. The summed E-state index contributed by atoms with van der Waals surface area (Å²) in [6, 6.07) is 3.70. The SMILES string of the molecule is CCNC(=O)Nc1nc2cc(-c3cnc(N4CCC(CC)(C(=O)OCC)CC4)nc3)cc(Br)c2s1. The molecule has 2 N–H and O–H groups in total. The molecular formula is C24H29BrN6O3S. The van der Waals surface area contributed by atoms with Crippen LogP contribution in [0, 0.1) is 5.41 Å². The van der Waals surface area contributed by atoms with Gasteiger partial charge in [0.2, 0.25) is 5.95 Å². The number of hydrogen-bond acceptors (Lipinski definition) is 8. The summed E-state index contributed by atoms with van der Waals surface area (Å²) >= 11 is 5.04. The lowest BCUT2D eigenvalue weighted by molar-refractivity contribution is -0.157. The van der Waals surface area contributed by atoms with Gasteiger partial charge in [0.05, 0.1) is 22.2 Å². The Labute approximate surface area is 216 Å². The molecule has 1 saturated heterocycles. The smallest absolute Gasteiger partial charge is 0.321 e. The van der Waals surface area contributed by atoms with Crippen molar-refractivity contribution in [1.82, 2.24) is 20.3 Å². The number of hydrogen-bond donors (Lipinski definition) is 2. The van der Waals surface area contributed by atoms with Crippen molar-refractivity contribution >= 4 is 60.6 Å². The number of piperidine rings is 1. The van der Waals surface area contributed by atoms with Crippen LogP contribution in [-0.4, -0.2) is 53.2 Å². The molecule has 0 radical (unpaired) electrons. The molecule has 3 heterocycles. The zero-order valence-electron chi connectivity index (χ0n) is 20.1. The summed E-state index contributed by atoms with van der Waals surface area (Å²) in [7, 11) is 0. The van der Waals surface area contributed by atoms with E-state index in [1.54, 1.807) is 0 Å². The summed E-state index contributed by atoms with van der Waals surface area (Å²) < 4.78 is 7.17. The fourth-order valence-electron chi connectivity index (χ4n) is 4.27. The lowest BCUT2D eigenvalue weighted by atomic mass is 9.76. The average molecular weight is 562 g/mol. The van der Waals surface area contributed by atoms with Crippen LogP contribution in [0.4, 0.5) is 15.9 Å². The van der Waals surface area contributed by atoms with Gasteiger partial charge in [0, 0.05) is 42.1 Å². The van der Waals surface area contributed by atoms with Crippen LogP contribution in [0.1, 0.15) is 40.0 Å². The molecule has 0 bridgehead atoms. The van der Waals surface area contributed by atoms with Gasteiger partial charge in [-0.3, -0.25) is 10.1 Å². The molecule has 186 valence electrons.